The van der Waals surface area contributed by atoms with Gasteiger partial charge >= 0.3 is 0 Å². The van der Waals surface area contributed by atoms with Crippen molar-refractivity contribution in [2.45, 2.75) is 25.9 Å². The van der Waals surface area contributed by atoms with Crippen molar-refractivity contribution in [2.24, 2.45) is 0 Å². The molecule has 3 aliphatic heterocycles. The smallest absolute Gasteiger partial charge is 0.280 e. The highest BCUT2D eigenvalue weighted by Crippen LogP contribution is 2.19. The van der Waals surface area contributed by atoms with Crippen molar-refractivity contribution in [1.29, 1.82) is 0 Å². The lowest BCUT2D eigenvalue weighted by atomic mass is 10.1. The van der Waals surface area contributed by atoms with Gasteiger partial charge in [-0.3, -0.25) is 9.59 Å². The van der Waals surface area contributed by atoms with Gasteiger partial charge in [0.2, 0.25) is 0 Å². The Bertz CT molecular complexity index is 525. The molecule has 2 atom stereocenters. The molecule has 0 spiro atoms. The normalized spacial score (nSPS) is 25.3. The topological polar surface area (TPSA) is 59.1 Å². The number of carbonyl (C=O) groups excluding carboxylic acids is 2. The standard InChI is InChI=1S/C20H38N4O4.2HI/c1-17(23(3)9-13-27-14-10-23)19(25)21-5-7-22(8-6-21)20(26)18(2)24(4)11-15-28-16-12-24;;/h17-18H,5-16H2,1-4H3;2*1H/q+2;;/p-2. The molecule has 0 aromatic rings. The summed E-state index contributed by atoms with van der Waals surface area (Å²) in [6, 6.07) is -0.134. The molecule has 3 heterocycles. The zero-order valence-electron chi connectivity index (χ0n) is 18.8. The van der Waals surface area contributed by atoms with Crippen LogP contribution in [0, 0.1) is 0 Å². The van der Waals surface area contributed by atoms with Crippen LogP contribution in [0.2, 0.25) is 0 Å². The number of hydrogen-bond acceptors (Lipinski definition) is 4. The number of hydrogen-bond donors (Lipinski definition) is 0. The molecule has 2 amide bonds. The highest BCUT2D eigenvalue weighted by Gasteiger charge is 2.42. The molecular weight excluding hydrogens is 614 g/mol. The number of halogens is 2. The van der Waals surface area contributed by atoms with Crippen LogP contribution < -0.4 is 48.0 Å². The summed E-state index contributed by atoms with van der Waals surface area (Å²) in [4.78, 5) is 30.0. The summed E-state index contributed by atoms with van der Waals surface area (Å²) >= 11 is 0. The van der Waals surface area contributed by atoms with Gasteiger partial charge in [-0.15, -0.1) is 0 Å². The van der Waals surface area contributed by atoms with Gasteiger partial charge in [0.05, 0.1) is 40.5 Å². The minimum absolute atomic E-state index is 0. The third-order valence-corrected chi connectivity index (χ3v) is 7.47. The number of ether oxygens (including phenoxy) is 2. The van der Waals surface area contributed by atoms with Crippen LogP contribution in [0.15, 0.2) is 0 Å². The summed E-state index contributed by atoms with van der Waals surface area (Å²) in [5.74, 6) is 0.411. The van der Waals surface area contributed by atoms with Crippen LogP contribution in [0.3, 0.4) is 0 Å². The van der Waals surface area contributed by atoms with Gasteiger partial charge in [-0.05, 0) is 13.8 Å². The minimum atomic E-state index is -0.0668. The number of piperazine rings is 1. The van der Waals surface area contributed by atoms with Gasteiger partial charge in [0.1, 0.15) is 26.2 Å². The number of amides is 2. The Morgan fingerprint density at radius 1 is 0.667 bits per heavy atom. The van der Waals surface area contributed by atoms with Crippen LogP contribution in [0.25, 0.3) is 0 Å². The van der Waals surface area contributed by atoms with Gasteiger partial charge in [0.15, 0.2) is 12.1 Å². The van der Waals surface area contributed by atoms with E-state index >= 15 is 0 Å². The number of nitrogens with zero attached hydrogens (tertiary/aromatic N) is 4. The van der Waals surface area contributed by atoms with E-state index in [-0.39, 0.29) is 71.9 Å². The first-order chi connectivity index (χ1) is 13.3. The molecule has 0 saturated carbocycles. The van der Waals surface area contributed by atoms with Crippen molar-refractivity contribution < 1.29 is 76.0 Å². The maximum Gasteiger partial charge on any atom is 0.280 e. The monoisotopic (exact) mass is 652 g/mol. The van der Waals surface area contributed by atoms with E-state index in [0.717, 1.165) is 61.6 Å². The van der Waals surface area contributed by atoms with Crippen molar-refractivity contribution >= 4 is 11.8 Å². The second kappa shape index (κ2) is 11.9. The van der Waals surface area contributed by atoms with E-state index in [1.807, 2.05) is 23.6 Å². The van der Waals surface area contributed by atoms with E-state index in [0.29, 0.717) is 26.2 Å². The van der Waals surface area contributed by atoms with Crippen LogP contribution in [0.1, 0.15) is 13.8 Å². The third kappa shape index (κ3) is 6.18. The lowest BCUT2D eigenvalue weighted by molar-refractivity contribution is -0.930. The Morgan fingerprint density at radius 3 is 1.20 bits per heavy atom. The Hall–Kier alpha value is 0.240. The average Bonchev–Trinajstić information content (AvgIpc) is 2.73. The lowest BCUT2D eigenvalue weighted by Crippen LogP contribution is -3.00. The van der Waals surface area contributed by atoms with E-state index in [4.69, 9.17) is 9.47 Å². The maximum absolute atomic E-state index is 13.1. The van der Waals surface area contributed by atoms with E-state index in [1.54, 1.807) is 0 Å². The van der Waals surface area contributed by atoms with E-state index < -0.39 is 0 Å². The fourth-order valence-electron chi connectivity index (χ4n) is 4.50. The SMILES string of the molecule is CC(C(=O)N1CCN(C(=O)C(C)[N+]2(C)CCOCC2)CC1)[N+]1(C)CCOCC1.[I-].[I-]. The number of likely N-dealkylation sites (N-methyl/N-ethyl adjacent to an activating group) is 2. The van der Waals surface area contributed by atoms with Gasteiger partial charge < -0.3 is 76.2 Å². The van der Waals surface area contributed by atoms with Crippen LogP contribution >= 0.6 is 0 Å². The Labute approximate surface area is 215 Å². The van der Waals surface area contributed by atoms with Crippen molar-refractivity contribution in [3.8, 4) is 0 Å². The zero-order valence-corrected chi connectivity index (χ0v) is 23.1. The number of carbonyl (C=O) groups is 2. The maximum atomic E-state index is 13.1. The first-order valence-corrected chi connectivity index (χ1v) is 10.7. The van der Waals surface area contributed by atoms with Crippen LogP contribution in [0.4, 0.5) is 0 Å². The molecule has 0 aliphatic carbocycles. The predicted molar refractivity (Wildman–Crippen MR) is 106 cm³/mol. The van der Waals surface area contributed by atoms with E-state index in [1.165, 1.54) is 0 Å². The van der Waals surface area contributed by atoms with Gasteiger partial charge in [-0.1, -0.05) is 0 Å². The molecule has 30 heavy (non-hydrogen) atoms. The van der Waals surface area contributed by atoms with Crippen molar-refractivity contribution in [1.82, 2.24) is 9.80 Å². The van der Waals surface area contributed by atoms with Crippen molar-refractivity contribution in [2.75, 3.05) is 92.9 Å². The second-order valence-corrected chi connectivity index (χ2v) is 9.08. The summed E-state index contributed by atoms with van der Waals surface area (Å²) in [6.45, 7) is 13.0. The molecule has 2 unspecified atom stereocenters. The first kappa shape index (κ1) is 28.3. The number of quaternary nitrogens is 2. The summed E-state index contributed by atoms with van der Waals surface area (Å²) in [5.41, 5.74) is 0. The fourth-order valence-corrected chi connectivity index (χ4v) is 4.50. The molecule has 0 aromatic carbocycles. The summed E-state index contributed by atoms with van der Waals surface area (Å²) in [7, 11) is 4.30. The Kier molecular flexibility index (Phi) is 11.2. The second-order valence-electron chi connectivity index (χ2n) is 9.08. The van der Waals surface area contributed by atoms with Crippen molar-refractivity contribution in [3.05, 3.63) is 0 Å². The molecule has 8 nitrogen and oxygen atoms in total. The summed E-state index contributed by atoms with van der Waals surface area (Å²) in [6.07, 6.45) is 0. The molecule has 3 aliphatic rings. The molecule has 0 bridgehead atoms. The lowest BCUT2D eigenvalue weighted by Gasteiger charge is -2.45. The highest BCUT2D eigenvalue weighted by molar-refractivity contribution is 5.82. The van der Waals surface area contributed by atoms with Crippen molar-refractivity contribution in [3.63, 3.8) is 0 Å². The van der Waals surface area contributed by atoms with E-state index in [9.17, 15) is 9.59 Å². The zero-order chi connectivity index (χ0) is 20.4. The summed E-state index contributed by atoms with van der Waals surface area (Å²) < 4.78 is 12.4. The number of morpholine rings is 2. The third-order valence-electron chi connectivity index (χ3n) is 7.47. The minimum Gasteiger partial charge on any atom is -1.00 e. The predicted octanol–water partition coefficient (Wildman–Crippen LogP) is -6.60. The fraction of sp³-hybridized carbons (Fsp3) is 0.900. The Morgan fingerprint density at radius 2 is 0.933 bits per heavy atom. The molecule has 0 aromatic heterocycles. The van der Waals surface area contributed by atoms with Crippen LogP contribution in [0.5, 0.6) is 0 Å². The highest BCUT2D eigenvalue weighted by atomic mass is 127. The molecule has 0 radical (unpaired) electrons. The van der Waals surface area contributed by atoms with Gasteiger partial charge in [0, 0.05) is 26.2 Å². The van der Waals surface area contributed by atoms with E-state index in [2.05, 4.69) is 14.1 Å². The molecule has 176 valence electrons. The average molecular weight is 652 g/mol. The van der Waals surface area contributed by atoms with Crippen LogP contribution in [-0.4, -0.2) is 136 Å². The molecular formula is C20H38I2N4O4. The Balaban J connectivity index is 0.00000225. The first-order valence-electron chi connectivity index (χ1n) is 10.7. The summed E-state index contributed by atoms with van der Waals surface area (Å²) in [5, 5.41) is 0. The molecule has 3 saturated heterocycles. The van der Waals surface area contributed by atoms with Gasteiger partial charge in [-0.2, -0.15) is 0 Å². The largest absolute Gasteiger partial charge is 1.00 e. The van der Waals surface area contributed by atoms with Gasteiger partial charge in [0.25, 0.3) is 11.8 Å². The molecule has 0 N–H and O–H groups in total. The molecule has 10 heteroatoms. The number of rotatable bonds is 4. The quantitative estimate of drug-likeness (QED) is 0.224. The molecule has 3 fully saturated rings. The van der Waals surface area contributed by atoms with Gasteiger partial charge in [-0.25, -0.2) is 0 Å². The molecule has 3 rings (SSSR count). The van der Waals surface area contributed by atoms with Crippen LogP contribution in [-0.2, 0) is 19.1 Å².